The van der Waals surface area contributed by atoms with E-state index >= 15 is 0 Å². The predicted octanol–water partition coefficient (Wildman–Crippen LogP) is 4.11. The highest BCUT2D eigenvalue weighted by Crippen LogP contribution is 2.43. The third kappa shape index (κ3) is 3.38. The largest absolute Gasteiger partial charge is 0.385 e. The van der Waals surface area contributed by atoms with Gasteiger partial charge in [0.2, 0.25) is 3.12 Å². The van der Waals surface area contributed by atoms with Gasteiger partial charge in [-0.1, -0.05) is 73.1 Å². The summed E-state index contributed by atoms with van der Waals surface area (Å²) in [6.45, 7) is 1.49. The van der Waals surface area contributed by atoms with Crippen LogP contribution in [0.25, 0.3) is 11.1 Å². The van der Waals surface area contributed by atoms with Crippen LogP contribution in [0.15, 0.2) is 54.6 Å². The van der Waals surface area contributed by atoms with Gasteiger partial charge in [-0.15, -0.1) is 0 Å². The van der Waals surface area contributed by atoms with Crippen molar-refractivity contribution < 1.29 is 13.5 Å². The summed E-state index contributed by atoms with van der Waals surface area (Å²) in [6.07, 6.45) is -1.37. The van der Waals surface area contributed by atoms with Gasteiger partial charge in [-0.2, -0.15) is 0 Å². The molecule has 6 heteroatoms. The van der Waals surface area contributed by atoms with Crippen LogP contribution in [0.1, 0.15) is 18.6 Å². The van der Waals surface area contributed by atoms with Crippen LogP contribution < -0.4 is 0 Å². The molecule has 1 N–H and O–H groups in total. The van der Waals surface area contributed by atoms with E-state index in [0.717, 1.165) is 11.1 Å². The Labute approximate surface area is 144 Å². The van der Waals surface area contributed by atoms with Gasteiger partial charge in [0.25, 0.3) is 0 Å². The van der Waals surface area contributed by atoms with Gasteiger partial charge in [-0.3, -0.25) is 0 Å². The van der Waals surface area contributed by atoms with Gasteiger partial charge < -0.3 is 5.11 Å². The zero-order valence-corrected chi connectivity index (χ0v) is 15.1. The maximum atomic E-state index is 12.0. The quantitative estimate of drug-likeness (QED) is 0.764. The number of aliphatic hydroxyl groups is 1. The number of halogens is 2. The van der Waals surface area contributed by atoms with Gasteiger partial charge in [-0.25, -0.2) is 8.42 Å². The number of hydrogen-bond acceptors (Lipinski definition) is 3. The summed E-state index contributed by atoms with van der Waals surface area (Å²) in [7, 11) is -3.68. The number of benzene rings is 2. The lowest BCUT2D eigenvalue weighted by Gasteiger charge is -2.26. The fourth-order valence-corrected chi connectivity index (χ4v) is 4.31. The van der Waals surface area contributed by atoms with Crippen molar-refractivity contribution in [2.24, 2.45) is 0 Å². The molecule has 2 aromatic rings. The van der Waals surface area contributed by atoms with Gasteiger partial charge in [0, 0.05) is 0 Å². The van der Waals surface area contributed by atoms with Crippen LogP contribution in [0.3, 0.4) is 0 Å². The average Bonchev–Trinajstić information content (AvgIpc) is 2.55. The van der Waals surface area contributed by atoms with Crippen LogP contribution in [0, 0.1) is 0 Å². The van der Waals surface area contributed by atoms with Crippen LogP contribution in [0.2, 0.25) is 0 Å². The molecule has 118 valence electrons. The van der Waals surface area contributed by atoms with Gasteiger partial charge in [0.15, 0.2) is 9.84 Å². The second kappa shape index (κ2) is 6.71. The number of rotatable bonds is 5. The summed E-state index contributed by atoms with van der Waals surface area (Å²) in [6, 6.07) is 16.8. The van der Waals surface area contributed by atoms with Crippen molar-refractivity contribution in [2.45, 2.75) is 16.1 Å². The summed E-state index contributed by atoms with van der Waals surface area (Å²) in [5.74, 6) is -0.166. The van der Waals surface area contributed by atoms with E-state index in [2.05, 4.69) is 15.9 Å². The molecular formula is C16H16BrClO3S. The van der Waals surface area contributed by atoms with Gasteiger partial charge >= 0.3 is 0 Å². The molecule has 0 saturated heterocycles. The standard InChI is InChI=1S/C16H16BrClO3S/c1-2-22(20,21)16(17,18)15(19)14-10-8-13(9-11-14)12-6-4-3-5-7-12/h3-11,15,19H,2H2,1H3/t15-,16-/m0/s1. The lowest BCUT2D eigenvalue weighted by Crippen LogP contribution is -2.34. The van der Waals surface area contributed by atoms with E-state index in [4.69, 9.17) is 11.6 Å². The number of aliphatic hydroxyl groups excluding tert-OH is 1. The third-order valence-electron chi connectivity index (χ3n) is 3.45. The summed E-state index contributed by atoms with van der Waals surface area (Å²) in [5.41, 5.74) is 2.45. The molecule has 0 aliphatic heterocycles. The monoisotopic (exact) mass is 402 g/mol. The SMILES string of the molecule is CCS(=O)(=O)[C@](Cl)(Br)[C@@H](O)c1ccc(-c2ccccc2)cc1. The zero-order chi connectivity index (χ0) is 16.4. The minimum Gasteiger partial charge on any atom is -0.385 e. The Bertz CT molecular complexity index is 728. The highest BCUT2D eigenvalue weighted by Gasteiger charge is 2.45. The molecule has 0 unspecified atom stereocenters. The van der Waals surface area contributed by atoms with Crippen LogP contribution in [0.4, 0.5) is 0 Å². The molecule has 0 bridgehead atoms. The topological polar surface area (TPSA) is 54.4 Å². The first-order valence-corrected chi connectivity index (χ1v) is 9.55. The normalized spacial score (nSPS) is 16.0. The van der Waals surface area contributed by atoms with E-state index in [1.807, 2.05) is 42.5 Å². The molecule has 0 saturated carbocycles. The fraction of sp³-hybridized carbons (Fsp3) is 0.250. The first-order valence-electron chi connectivity index (χ1n) is 6.73. The second-order valence-corrected chi connectivity index (χ2v) is 10.4. The molecule has 0 aromatic heterocycles. The minimum atomic E-state index is -3.68. The molecule has 0 aliphatic carbocycles. The molecular weight excluding hydrogens is 388 g/mol. The van der Waals surface area contributed by atoms with Crippen LogP contribution in [-0.2, 0) is 9.84 Å². The molecule has 22 heavy (non-hydrogen) atoms. The van der Waals surface area contributed by atoms with Crippen molar-refractivity contribution in [1.29, 1.82) is 0 Å². The Kier molecular flexibility index (Phi) is 5.33. The van der Waals surface area contributed by atoms with Gasteiger partial charge in [0.05, 0.1) is 5.75 Å². The number of alkyl halides is 2. The lowest BCUT2D eigenvalue weighted by molar-refractivity contribution is 0.185. The molecule has 0 aliphatic rings. The van der Waals surface area contributed by atoms with Crippen molar-refractivity contribution in [3.8, 4) is 11.1 Å². The molecule has 0 fully saturated rings. The molecule has 0 radical (unpaired) electrons. The zero-order valence-electron chi connectivity index (χ0n) is 11.9. The first-order chi connectivity index (χ1) is 10.3. The Morgan fingerprint density at radius 2 is 1.59 bits per heavy atom. The molecule has 2 rings (SSSR count). The number of hydrogen-bond donors (Lipinski definition) is 1. The van der Waals surface area contributed by atoms with Crippen molar-refractivity contribution in [3.05, 3.63) is 60.2 Å². The van der Waals surface area contributed by atoms with E-state index in [9.17, 15) is 13.5 Å². The minimum absolute atomic E-state index is 0.166. The summed E-state index contributed by atoms with van der Waals surface area (Å²) >= 11 is 9.01. The van der Waals surface area contributed by atoms with E-state index in [0.29, 0.717) is 5.56 Å². The smallest absolute Gasteiger partial charge is 0.229 e. The van der Waals surface area contributed by atoms with Gasteiger partial charge in [0.1, 0.15) is 6.10 Å². The Morgan fingerprint density at radius 1 is 1.09 bits per heavy atom. The molecule has 3 nitrogen and oxygen atoms in total. The van der Waals surface area contributed by atoms with Crippen molar-refractivity contribution in [3.63, 3.8) is 0 Å². The van der Waals surface area contributed by atoms with Crippen molar-refractivity contribution >= 4 is 37.4 Å². The molecule has 2 aromatic carbocycles. The highest BCUT2D eigenvalue weighted by molar-refractivity contribution is 9.12. The Morgan fingerprint density at radius 3 is 2.09 bits per heavy atom. The first kappa shape index (κ1) is 17.5. The molecule has 0 amide bonds. The summed E-state index contributed by atoms with van der Waals surface area (Å²) in [4.78, 5) is 0. The Hall–Kier alpha value is -0.880. The van der Waals surface area contributed by atoms with Crippen molar-refractivity contribution in [2.75, 3.05) is 5.75 Å². The van der Waals surface area contributed by atoms with Crippen LogP contribution in [-0.4, -0.2) is 22.4 Å². The second-order valence-electron chi connectivity index (χ2n) is 4.86. The van der Waals surface area contributed by atoms with Crippen molar-refractivity contribution in [1.82, 2.24) is 0 Å². The maximum Gasteiger partial charge on any atom is 0.229 e. The molecule has 0 spiro atoms. The number of sulfone groups is 1. The lowest BCUT2D eigenvalue weighted by atomic mass is 10.0. The molecule has 2 atom stereocenters. The maximum absolute atomic E-state index is 12.0. The highest BCUT2D eigenvalue weighted by atomic mass is 79.9. The van der Waals surface area contributed by atoms with E-state index < -0.39 is 19.1 Å². The summed E-state index contributed by atoms with van der Waals surface area (Å²) < 4.78 is 22.0. The predicted molar refractivity (Wildman–Crippen MR) is 93.8 cm³/mol. The van der Waals surface area contributed by atoms with Crippen LogP contribution in [0.5, 0.6) is 0 Å². The van der Waals surface area contributed by atoms with E-state index in [1.165, 1.54) is 6.92 Å². The Balaban J connectivity index is 2.31. The van der Waals surface area contributed by atoms with E-state index in [1.54, 1.807) is 12.1 Å². The molecule has 0 heterocycles. The van der Waals surface area contributed by atoms with Crippen LogP contribution >= 0.6 is 27.5 Å². The summed E-state index contributed by atoms with van der Waals surface area (Å²) in [5, 5.41) is 10.3. The third-order valence-corrected chi connectivity index (χ3v) is 8.08. The average molecular weight is 404 g/mol. The fourth-order valence-electron chi connectivity index (χ4n) is 2.05. The van der Waals surface area contributed by atoms with Gasteiger partial charge in [-0.05, 0) is 32.6 Å². The van der Waals surface area contributed by atoms with E-state index in [-0.39, 0.29) is 5.75 Å².